The van der Waals surface area contributed by atoms with E-state index in [9.17, 15) is 0 Å². The normalized spacial score (nSPS) is 13.3. The molecule has 1 unspecified atom stereocenters. The second-order valence-corrected chi connectivity index (χ2v) is 5.93. The molecule has 0 saturated carbocycles. The van der Waals surface area contributed by atoms with Gasteiger partial charge in [0.05, 0.1) is 10.0 Å². The van der Waals surface area contributed by atoms with E-state index in [0.717, 1.165) is 25.1 Å². The topological polar surface area (TPSA) is 29.3 Å². The molecule has 0 aromatic heterocycles. The summed E-state index contributed by atoms with van der Waals surface area (Å²) < 4.78 is 0. The van der Waals surface area contributed by atoms with Gasteiger partial charge in [0.15, 0.2) is 0 Å². The van der Waals surface area contributed by atoms with Crippen LogP contribution in [-0.4, -0.2) is 24.5 Å². The predicted octanol–water partition coefficient (Wildman–Crippen LogP) is 3.80. The van der Waals surface area contributed by atoms with Crippen molar-refractivity contribution in [2.24, 2.45) is 11.7 Å². The maximum atomic E-state index is 6.17. The van der Waals surface area contributed by atoms with Gasteiger partial charge in [-0.25, -0.2) is 0 Å². The van der Waals surface area contributed by atoms with E-state index in [1.54, 1.807) is 0 Å². The maximum absolute atomic E-state index is 6.17. The number of benzene rings is 1. The largest absolute Gasteiger partial charge is 0.327 e. The van der Waals surface area contributed by atoms with Crippen molar-refractivity contribution in [3.05, 3.63) is 33.8 Å². The second kappa shape index (κ2) is 7.34. The van der Waals surface area contributed by atoms with Crippen molar-refractivity contribution in [1.29, 1.82) is 0 Å². The molecule has 0 aliphatic rings. The molecule has 1 rings (SSSR count). The molecule has 0 heterocycles. The number of halogens is 2. The summed E-state index contributed by atoms with van der Waals surface area (Å²) in [5.74, 6) is 0.521. The number of nitrogens with two attached hydrogens (primary N) is 1. The molecule has 2 nitrogen and oxygen atoms in total. The molecule has 0 saturated heterocycles. The Morgan fingerprint density at radius 3 is 2.56 bits per heavy atom. The van der Waals surface area contributed by atoms with Crippen LogP contribution in [0, 0.1) is 5.92 Å². The molecule has 0 bridgehead atoms. The lowest BCUT2D eigenvalue weighted by Crippen LogP contribution is -2.31. The van der Waals surface area contributed by atoms with E-state index in [2.05, 4.69) is 25.8 Å². The molecule has 0 amide bonds. The molecule has 18 heavy (non-hydrogen) atoms. The Morgan fingerprint density at radius 2 is 1.94 bits per heavy atom. The van der Waals surface area contributed by atoms with E-state index >= 15 is 0 Å². The molecule has 0 aliphatic heterocycles. The standard InChI is InChI=1S/C14H22Cl2N2/c1-10(2)13(17)7-8-18(3)9-11-5-4-6-12(15)14(11)16/h4-6,10,13H,7-9,17H2,1-3H3. The van der Waals surface area contributed by atoms with Crippen molar-refractivity contribution < 1.29 is 0 Å². The quantitative estimate of drug-likeness (QED) is 0.863. The van der Waals surface area contributed by atoms with Crippen LogP contribution in [0.5, 0.6) is 0 Å². The molecule has 0 radical (unpaired) electrons. The SMILES string of the molecule is CC(C)C(N)CCN(C)Cc1cccc(Cl)c1Cl. The molecule has 0 spiro atoms. The van der Waals surface area contributed by atoms with Crippen molar-refractivity contribution in [2.75, 3.05) is 13.6 Å². The second-order valence-electron chi connectivity index (χ2n) is 5.15. The van der Waals surface area contributed by atoms with Gasteiger partial charge in [-0.05, 0) is 37.6 Å². The van der Waals surface area contributed by atoms with Gasteiger partial charge in [0.1, 0.15) is 0 Å². The lowest BCUT2D eigenvalue weighted by atomic mass is 10.0. The van der Waals surface area contributed by atoms with Crippen molar-refractivity contribution in [3.8, 4) is 0 Å². The van der Waals surface area contributed by atoms with Gasteiger partial charge < -0.3 is 10.6 Å². The fraction of sp³-hybridized carbons (Fsp3) is 0.571. The van der Waals surface area contributed by atoms with Crippen LogP contribution >= 0.6 is 23.2 Å². The third-order valence-corrected chi connectivity index (χ3v) is 4.03. The van der Waals surface area contributed by atoms with E-state index in [1.165, 1.54) is 0 Å². The summed E-state index contributed by atoms with van der Waals surface area (Å²) in [4.78, 5) is 2.22. The third kappa shape index (κ3) is 4.77. The zero-order valence-corrected chi connectivity index (χ0v) is 12.8. The Morgan fingerprint density at radius 1 is 1.28 bits per heavy atom. The van der Waals surface area contributed by atoms with Crippen LogP contribution in [0.2, 0.25) is 10.0 Å². The Hall–Kier alpha value is -0.280. The van der Waals surface area contributed by atoms with Gasteiger partial charge >= 0.3 is 0 Å². The highest BCUT2D eigenvalue weighted by molar-refractivity contribution is 6.42. The zero-order chi connectivity index (χ0) is 13.7. The summed E-state index contributed by atoms with van der Waals surface area (Å²) in [6.45, 7) is 6.06. The Bertz CT molecular complexity index is 380. The molecule has 0 fully saturated rings. The Labute approximate surface area is 120 Å². The molecule has 0 aliphatic carbocycles. The van der Waals surface area contributed by atoms with Gasteiger partial charge in [0.2, 0.25) is 0 Å². The van der Waals surface area contributed by atoms with Crippen LogP contribution in [0.15, 0.2) is 18.2 Å². The van der Waals surface area contributed by atoms with Crippen molar-refractivity contribution in [2.45, 2.75) is 32.9 Å². The smallest absolute Gasteiger partial charge is 0.0637 e. The monoisotopic (exact) mass is 288 g/mol. The van der Waals surface area contributed by atoms with Crippen LogP contribution in [0.25, 0.3) is 0 Å². The minimum atomic E-state index is 0.252. The lowest BCUT2D eigenvalue weighted by molar-refractivity contribution is 0.296. The van der Waals surface area contributed by atoms with Gasteiger partial charge in [0.25, 0.3) is 0 Å². The molecule has 1 aromatic carbocycles. The number of rotatable bonds is 6. The van der Waals surface area contributed by atoms with Crippen LogP contribution in [0.1, 0.15) is 25.8 Å². The van der Waals surface area contributed by atoms with Crippen molar-refractivity contribution in [1.82, 2.24) is 4.90 Å². The molecule has 4 heteroatoms. The summed E-state index contributed by atoms with van der Waals surface area (Å²) in [6, 6.07) is 5.99. The Kier molecular flexibility index (Phi) is 6.44. The zero-order valence-electron chi connectivity index (χ0n) is 11.3. The molecule has 1 aromatic rings. The first-order valence-electron chi connectivity index (χ1n) is 6.28. The highest BCUT2D eigenvalue weighted by atomic mass is 35.5. The van der Waals surface area contributed by atoms with Gasteiger partial charge in [0, 0.05) is 12.6 Å². The first-order chi connectivity index (χ1) is 8.41. The van der Waals surface area contributed by atoms with Gasteiger partial charge in [-0.15, -0.1) is 0 Å². The van der Waals surface area contributed by atoms with Crippen LogP contribution in [-0.2, 0) is 6.54 Å². The maximum Gasteiger partial charge on any atom is 0.0637 e. The van der Waals surface area contributed by atoms with Crippen molar-refractivity contribution >= 4 is 23.2 Å². The lowest BCUT2D eigenvalue weighted by Gasteiger charge is -2.21. The predicted molar refractivity (Wildman–Crippen MR) is 80.2 cm³/mol. The van der Waals surface area contributed by atoms with Gasteiger partial charge in [-0.1, -0.05) is 49.2 Å². The number of nitrogens with zero attached hydrogens (tertiary/aromatic N) is 1. The van der Waals surface area contributed by atoms with E-state index in [4.69, 9.17) is 28.9 Å². The van der Waals surface area contributed by atoms with Gasteiger partial charge in [-0.2, -0.15) is 0 Å². The fourth-order valence-corrected chi connectivity index (χ4v) is 2.12. The van der Waals surface area contributed by atoms with E-state index in [-0.39, 0.29) is 6.04 Å². The van der Waals surface area contributed by atoms with E-state index < -0.39 is 0 Å². The highest BCUT2D eigenvalue weighted by Gasteiger charge is 2.11. The third-order valence-electron chi connectivity index (χ3n) is 3.17. The minimum Gasteiger partial charge on any atom is -0.327 e. The summed E-state index contributed by atoms with van der Waals surface area (Å²) >= 11 is 12.2. The first-order valence-corrected chi connectivity index (χ1v) is 7.04. The molecular weight excluding hydrogens is 267 g/mol. The van der Waals surface area contributed by atoms with E-state index in [0.29, 0.717) is 16.0 Å². The highest BCUT2D eigenvalue weighted by Crippen LogP contribution is 2.26. The summed E-state index contributed by atoms with van der Waals surface area (Å²) in [7, 11) is 2.07. The van der Waals surface area contributed by atoms with Crippen molar-refractivity contribution in [3.63, 3.8) is 0 Å². The Balaban J connectivity index is 2.49. The average Bonchev–Trinajstić information content (AvgIpc) is 2.32. The molecule has 1 atom stereocenters. The summed E-state index contributed by atoms with van der Waals surface area (Å²) in [5.41, 5.74) is 7.10. The number of hydrogen-bond acceptors (Lipinski definition) is 2. The minimum absolute atomic E-state index is 0.252. The molecule has 2 N–H and O–H groups in total. The van der Waals surface area contributed by atoms with Crippen LogP contribution in [0.3, 0.4) is 0 Å². The van der Waals surface area contributed by atoms with Crippen LogP contribution < -0.4 is 5.73 Å². The van der Waals surface area contributed by atoms with Gasteiger partial charge in [-0.3, -0.25) is 0 Å². The summed E-state index contributed by atoms with van der Waals surface area (Å²) in [5, 5.41) is 1.26. The molecule has 102 valence electrons. The number of hydrogen-bond donors (Lipinski definition) is 1. The molecular formula is C14H22Cl2N2. The summed E-state index contributed by atoms with van der Waals surface area (Å²) in [6.07, 6.45) is 0.992. The average molecular weight is 289 g/mol. The first kappa shape index (κ1) is 15.8. The van der Waals surface area contributed by atoms with E-state index in [1.807, 2.05) is 18.2 Å². The van der Waals surface area contributed by atoms with Crippen LogP contribution in [0.4, 0.5) is 0 Å². The fourth-order valence-electron chi connectivity index (χ4n) is 1.74.